The molecule has 0 spiro atoms. The van der Waals surface area contributed by atoms with Crippen molar-refractivity contribution in [1.82, 2.24) is 15.5 Å². The van der Waals surface area contributed by atoms with Crippen molar-refractivity contribution < 1.29 is 13.2 Å². The fraction of sp³-hybridized carbons (Fsp3) is 0.500. The zero-order valence-electron chi connectivity index (χ0n) is 14.3. The smallest absolute Gasteiger partial charge is 0.316 e. The molecule has 2 N–H and O–H groups in total. The minimum absolute atomic E-state index is 0.237. The standard InChI is InChI=1S/C16H22N4O3S2/c1-11-6-7-12(10-13(11)19-25(22)23)14(15(21)18-16(24)17-2)20-8-4-3-5-9-20/h6-7,10,14H,3-5,8-9H2,1-2H3,(H2,17,18,21,24). The van der Waals surface area contributed by atoms with Gasteiger partial charge in [-0.2, -0.15) is 8.42 Å². The first-order chi connectivity index (χ1) is 11.9. The first kappa shape index (κ1) is 19.5. The van der Waals surface area contributed by atoms with Crippen molar-refractivity contribution >= 4 is 39.4 Å². The van der Waals surface area contributed by atoms with Gasteiger partial charge >= 0.3 is 10.5 Å². The molecule has 1 atom stereocenters. The van der Waals surface area contributed by atoms with Gasteiger partial charge in [0.05, 0.1) is 5.69 Å². The van der Waals surface area contributed by atoms with Crippen LogP contribution in [0.5, 0.6) is 0 Å². The highest BCUT2D eigenvalue weighted by Gasteiger charge is 2.29. The van der Waals surface area contributed by atoms with Gasteiger partial charge in [0.25, 0.3) is 0 Å². The van der Waals surface area contributed by atoms with Crippen molar-refractivity contribution in [2.24, 2.45) is 4.36 Å². The van der Waals surface area contributed by atoms with E-state index in [-0.39, 0.29) is 11.0 Å². The van der Waals surface area contributed by atoms with E-state index < -0.39 is 16.5 Å². The number of amides is 1. The van der Waals surface area contributed by atoms with Crippen LogP contribution in [0.4, 0.5) is 5.69 Å². The molecule has 1 fully saturated rings. The van der Waals surface area contributed by atoms with E-state index in [0.717, 1.165) is 37.9 Å². The number of benzene rings is 1. The van der Waals surface area contributed by atoms with Crippen LogP contribution in [0.2, 0.25) is 0 Å². The molecule has 1 amide bonds. The summed E-state index contributed by atoms with van der Waals surface area (Å²) in [5, 5.41) is 5.67. The second-order valence-corrected chi connectivity index (χ2v) is 6.95. The normalized spacial score (nSPS) is 15.9. The molecular formula is C16H22N4O3S2. The molecule has 7 nitrogen and oxygen atoms in total. The fourth-order valence-electron chi connectivity index (χ4n) is 2.92. The van der Waals surface area contributed by atoms with Gasteiger partial charge in [-0.05, 0) is 62.3 Å². The number of hydrogen-bond acceptors (Lipinski definition) is 6. The Balaban J connectivity index is 2.42. The Hall–Kier alpha value is -1.84. The molecule has 0 radical (unpaired) electrons. The quantitative estimate of drug-likeness (QED) is 0.772. The van der Waals surface area contributed by atoms with E-state index in [9.17, 15) is 13.2 Å². The molecule has 0 bridgehead atoms. The Morgan fingerprint density at radius 1 is 1.28 bits per heavy atom. The highest BCUT2D eigenvalue weighted by Crippen LogP contribution is 2.29. The maximum absolute atomic E-state index is 12.8. The number of aryl methyl sites for hydroxylation is 1. The molecule has 1 aliphatic heterocycles. The molecule has 1 heterocycles. The van der Waals surface area contributed by atoms with Gasteiger partial charge in [-0.1, -0.05) is 18.6 Å². The third-order valence-electron chi connectivity index (χ3n) is 4.19. The van der Waals surface area contributed by atoms with Crippen molar-refractivity contribution in [3.05, 3.63) is 29.3 Å². The predicted molar refractivity (Wildman–Crippen MR) is 100 cm³/mol. The van der Waals surface area contributed by atoms with Crippen LogP contribution in [0.25, 0.3) is 0 Å². The Kier molecular flexibility index (Phi) is 7.03. The summed E-state index contributed by atoms with van der Waals surface area (Å²) in [6.45, 7) is 3.39. The molecule has 9 heteroatoms. The molecular weight excluding hydrogens is 360 g/mol. The van der Waals surface area contributed by atoms with E-state index in [1.807, 2.05) is 6.07 Å². The molecule has 0 aromatic heterocycles. The van der Waals surface area contributed by atoms with Gasteiger partial charge in [-0.3, -0.25) is 9.69 Å². The zero-order chi connectivity index (χ0) is 18.4. The Labute approximate surface area is 154 Å². The van der Waals surface area contributed by atoms with Crippen molar-refractivity contribution in [3.8, 4) is 0 Å². The lowest BCUT2D eigenvalue weighted by Gasteiger charge is -2.34. The maximum atomic E-state index is 12.8. The molecule has 0 aliphatic carbocycles. The molecule has 2 rings (SSSR count). The van der Waals surface area contributed by atoms with Gasteiger partial charge in [0.2, 0.25) is 5.91 Å². The largest absolute Gasteiger partial charge is 0.365 e. The van der Waals surface area contributed by atoms with Crippen molar-refractivity contribution in [1.29, 1.82) is 0 Å². The minimum Gasteiger partial charge on any atom is -0.365 e. The summed E-state index contributed by atoms with van der Waals surface area (Å²) >= 11 is 5.04. The van der Waals surface area contributed by atoms with Crippen LogP contribution in [0.15, 0.2) is 22.6 Å². The van der Waals surface area contributed by atoms with Crippen LogP contribution in [0, 0.1) is 6.92 Å². The van der Waals surface area contributed by atoms with Crippen LogP contribution in [0.3, 0.4) is 0 Å². The second kappa shape index (κ2) is 9.02. The highest BCUT2D eigenvalue weighted by atomic mass is 32.2. The van der Waals surface area contributed by atoms with Crippen LogP contribution in [0.1, 0.15) is 36.4 Å². The summed E-state index contributed by atoms with van der Waals surface area (Å²) in [5.41, 5.74) is 1.78. The summed E-state index contributed by atoms with van der Waals surface area (Å²) in [5.74, 6) is -0.237. The minimum atomic E-state index is -2.54. The molecule has 1 unspecified atom stereocenters. The van der Waals surface area contributed by atoms with Crippen molar-refractivity contribution in [2.45, 2.75) is 32.2 Å². The summed E-state index contributed by atoms with van der Waals surface area (Å²) in [4.78, 5) is 14.9. The lowest BCUT2D eigenvalue weighted by atomic mass is 9.99. The van der Waals surface area contributed by atoms with E-state index in [2.05, 4.69) is 19.9 Å². The topological polar surface area (TPSA) is 90.9 Å². The number of carbonyl (C=O) groups excluding carboxylic acids is 1. The number of piperidine rings is 1. The Morgan fingerprint density at radius 2 is 1.96 bits per heavy atom. The Morgan fingerprint density at radius 3 is 2.56 bits per heavy atom. The van der Waals surface area contributed by atoms with E-state index in [4.69, 9.17) is 12.2 Å². The lowest BCUT2D eigenvalue weighted by molar-refractivity contribution is -0.125. The lowest BCUT2D eigenvalue weighted by Crippen LogP contribution is -2.46. The second-order valence-electron chi connectivity index (χ2n) is 5.92. The Bertz CT molecular complexity index is 779. The number of carbonyl (C=O) groups is 1. The molecule has 1 saturated heterocycles. The maximum Gasteiger partial charge on any atom is 0.316 e. The van der Waals surface area contributed by atoms with Gasteiger partial charge in [0.15, 0.2) is 5.11 Å². The van der Waals surface area contributed by atoms with Crippen LogP contribution in [-0.4, -0.2) is 44.5 Å². The molecule has 1 aliphatic rings. The number of hydrogen-bond donors (Lipinski definition) is 2. The highest BCUT2D eigenvalue weighted by molar-refractivity contribution is 7.80. The van der Waals surface area contributed by atoms with E-state index in [1.165, 1.54) is 0 Å². The van der Waals surface area contributed by atoms with E-state index >= 15 is 0 Å². The molecule has 1 aromatic carbocycles. The molecule has 0 saturated carbocycles. The van der Waals surface area contributed by atoms with Gasteiger partial charge < -0.3 is 10.6 Å². The number of nitrogens with one attached hydrogen (secondary N) is 2. The predicted octanol–water partition coefficient (Wildman–Crippen LogP) is 1.84. The first-order valence-electron chi connectivity index (χ1n) is 8.10. The number of likely N-dealkylation sites (tertiary alicyclic amines) is 1. The third kappa shape index (κ3) is 5.32. The van der Waals surface area contributed by atoms with Gasteiger partial charge in [0.1, 0.15) is 6.04 Å². The van der Waals surface area contributed by atoms with E-state index in [1.54, 1.807) is 26.1 Å². The van der Waals surface area contributed by atoms with Crippen LogP contribution >= 0.6 is 12.2 Å². The average molecular weight is 383 g/mol. The SMILES string of the molecule is CNC(=S)NC(=O)C(c1ccc(C)c(N=S(=O)=O)c1)N1CCCCC1. The van der Waals surface area contributed by atoms with E-state index in [0.29, 0.717) is 11.3 Å². The fourth-order valence-corrected chi connectivity index (χ4v) is 3.38. The van der Waals surface area contributed by atoms with Gasteiger partial charge in [-0.25, -0.2) is 0 Å². The van der Waals surface area contributed by atoms with Crippen LogP contribution in [-0.2, 0) is 15.3 Å². The average Bonchev–Trinajstić information content (AvgIpc) is 2.58. The number of rotatable bonds is 4. The summed E-state index contributed by atoms with van der Waals surface area (Å²) < 4.78 is 25.5. The summed E-state index contributed by atoms with van der Waals surface area (Å²) in [7, 11) is -0.900. The first-order valence-corrected chi connectivity index (χ1v) is 9.54. The molecule has 25 heavy (non-hydrogen) atoms. The van der Waals surface area contributed by atoms with Crippen molar-refractivity contribution in [2.75, 3.05) is 20.1 Å². The molecule has 1 aromatic rings. The number of thiocarbonyl (C=S) groups is 1. The monoisotopic (exact) mass is 382 g/mol. The van der Waals surface area contributed by atoms with Gasteiger partial charge in [-0.15, -0.1) is 4.36 Å². The third-order valence-corrected chi connectivity index (χ3v) is 4.84. The molecule has 136 valence electrons. The summed E-state index contributed by atoms with van der Waals surface area (Å²) in [6, 6.07) is 4.73. The van der Waals surface area contributed by atoms with Crippen molar-refractivity contribution in [3.63, 3.8) is 0 Å². The number of nitrogens with zero attached hydrogens (tertiary/aromatic N) is 2. The van der Waals surface area contributed by atoms with Gasteiger partial charge in [0, 0.05) is 7.05 Å². The summed E-state index contributed by atoms with van der Waals surface area (Å²) in [6.07, 6.45) is 3.19. The zero-order valence-corrected chi connectivity index (χ0v) is 15.9. The van der Waals surface area contributed by atoms with Crippen LogP contribution < -0.4 is 10.6 Å².